The predicted octanol–water partition coefficient (Wildman–Crippen LogP) is 1.91. The largest absolute Gasteiger partial charge is 0.451 e. The highest BCUT2D eigenvalue weighted by molar-refractivity contribution is 5.95. The summed E-state index contributed by atoms with van der Waals surface area (Å²) in [6, 6.07) is 9.30. The molecular weight excluding hydrogens is 256 g/mol. The number of amides is 1. The molecule has 0 radical (unpaired) electrons. The van der Waals surface area contributed by atoms with E-state index in [2.05, 4.69) is 20.5 Å². The van der Waals surface area contributed by atoms with Crippen LogP contribution in [0.15, 0.2) is 41.1 Å². The van der Waals surface area contributed by atoms with Crippen molar-refractivity contribution in [1.82, 2.24) is 20.5 Å². The topological polar surface area (TPSA) is 83.8 Å². The average molecular weight is 270 g/mol. The Bertz CT molecular complexity index is 670. The molecule has 0 saturated heterocycles. The van der Waals surface area contributed by atoms with Gasteiger partial charge in [-0.2, -0.15) is 5.10 Å². The lowest BCUT2D eigenvalue weighted by atomic mass is 10.2. The summed E-state index contributed by atoms with van der Waals surface area (Å²) in [7, 11) is 0. The number of carbonyl (C=O) groups is 1. The van der Waals surface area contributed by atoms with E-state index in [0.717, 1.165) is 29.6 Å². The summed E-state index contributed by atoms with van der Waals surface area (Å²) < 4.78 is 5.49. The fourth-order valence-electron chi connectivity index (χ4n) is 1.99. The number of para-hydroxylation sites is 1. The minimum Gasteiger partial charge on any atom is -0.451 e. The number of hydrogen-bond acceptors (Lipinski definition) is 4. The lowest BCUT2D eigenvalue weighted by Crippen LogP contribution is -2.24. The van der Waals surface area contributed by atoms with E-state index >= 15 is 0 Å². The first-order chi connectivity index (χ1) is 9.83. The summed E-state index contributed by atoms with van der Waals surface area (Å²) in [5.74, 6) is 0.965. The second-order valence-corrected chi connectivity index (χ2v) is 4.44. The number of hydrogen-bond donors (Lipinski definition) is 2. The molecule has 0 spiro atoms. The Labute approximate surface area is 115 Å². The van der Waals surface area contributed by atoms with Crippen molar-refractivity contribution in [2.45, 2.75) is 12.8 Å². The van der Waals surface area contributed by atoms with Gasteiger partial charge in [0, 0.05) is 18.4 Å². The second kappa shape index (κ2) is 5.56. The Balaban J connectivity index is 1.53. The third-order valence-electron chi connectivity index (χ3n) is 2.99. The van der Waals surface area contributed by atoms with Gasteiger partial charge >= 0.3 is 0 Å². The molecule has 2 heterocycles. The maximum Gasteiger partial charge on any atom is 0.287 e. The number of carbonyl (C=O) groups excluding carboxylic acids is 1. The number of rotatable bonds is 5. The van der Waals surface area contributed by atoms with Crippen molar-refractivity contribution in [2.75, 3.05) is 6.54 Å². The quantitative estimate of drug-likeness (QED) is 0.694. The SMILES string of the molecule is O=C(NCCCc1ncn[nH]1)c1cc2ccccc2o1. The number of fused-ring (bicyclic) bond motifs is 1. The minimum atomic E-state index is -0.196. The number of H-pyrrole nitrogens is 1. The van der Waals surface area contributed by atoms with E-state index in [4.69, 9.17) is 4.42 Å². The zero-order valence-corrected chi connectivity index (χ0v) is 10.8. The maximum atomic E-state index is 11.9. The Morgan fingerprint density at radius 1 is 1.35 bits per heavy atom. The van der Waals surface area contributed by atoms with Gasteiger partial charge in [0.05, 0.1) is 0 Å². The lowest BCUT2D eigenvalue weighted by Gasteiger charge is -2.01. The number of aryl methyl sites for hydroxylation is 1. The molecule has 102 valence electrons. The molecule has 0 aliphatic rings. The average Bonchev–Trinajstić information content (AvgIpc) is 3.12. The van der Waals surface area contributed by atoms with E-state index in [0.29, 0.717) is 12.3 Å². The molecule has 6 nitrogen and oxygen atoms in total. The molecule has 1 amide bonds. The molecular formula is C14H14N4O2. The third-order valence-corrected chi connectivity index (χ3v) is 2.99. The van der Waals surface area contributed by atoms with Crippen LogP contribution in [0.2, 0.25) is 0 Å². The smallest absolute Gasteiger partial charge is 0.287 e. The van der Waals surface area contributed by atoms with Crippen LogP contribution in [0, 0.1) is 0 Å². The standard InChI is InChI=1S/C14H14N4O2/c19-14(15-7-3-6-13-16-9-17-18-13)12-8-10-4-1-2-5-11(10)20-12/h1-2,4-5,8-9H,3,6-7H2,(H,15,19)(H,16,17,18). The number of furan rings is 1. The normalized spacial score (nSPS) is 10.8. The van der Waals surface area contributed by atoms with Gasteiger partial charge in [-0.15, -0.1) is 0 Å². The molecule has 0 bridgehead atoms. The highest BCUT2D eigenvalue weighted by Gasteiger charge is 2.11. The summed E-state index contributed by atoms with van der Waals surface area (Å²) in [5.41, 5.74) is 0.722. The molecule has 3 aromatic rings. The summed E-state index contributed by atoms with van der Waals surface area (Å²) in [4.78, 5) is 16.0. The van der Waals surface area contributed by atoms with Crippen molar-refractivity contribution in [2.24, 2.45) is 0 Å². The summed E-state index contributed by atoms with van der Waals surface area (Å²) in [6.07, 6.45) is 3.02. The van der Waals surface area contributed by atoms with Crippen LogP contribution in [0.25, 0.3) is 11.0 Å². The fourth-order valence-corrected chi connectivity index (χ4v) is 1.99. The number of aromatic nitrogens is 3. The fraction of sp³-hybridized carbons (Fsp3) is 0.214. The van der Waals surface area contributed by atoms with Crippen LogP contribution in [-0.2, 0) is 6.42 Å². The molecule has 0 aliphatic heterocycles. The van der Waals surface area contributed by atoms with Crippen LogP contribution in [0.3, 0.4) is 0 Å². The highest BCUT2D eigenvalue weighted by atomic mass is 16.3. The molecule has 0 fully saturated rings. The maximum absolute atomic E-state index is 11.9. The van der Waals surface area contributed by atoms with Gasteiger partial charge in [-0.05, 0) is 18.6 Å². The molecule has 0 unspecified atom stereocenters. The van der Waals surface area contributed by atoms with Crippen molar-refractivity contribution in [3.63, 3.8) is 0 Å². The van der Waals surface area contributed by atoms with Crippen molar-refractivity contribution >= 4 is 16.9 Å². The molecule has 0 saturated carbocycles. The van der Waals surface area contributed by atoms with E-state index in [-0.39, 0.29) is 5.91 Å². The number of aromatic amines is 1. The minimum absolute atomic E-state index is 0.196. The van der Waals surface area contributed by atoms with Crippen LogP contribution >= 0.6 is 0 Å². The van der Waals surface area contributed by atoms with Gasteiger partial charge in [-0.25, -0.2) is 4.98 Å². The lowest BCUT2D eigenvalue weighted by molar-refractivity contribution is 0.0927. The predicted molar refractivity (Wildman–Crippen MR) is 73.3 cm³/mol. The van der Waals surface area contributed by atoms with Gasteiger partial charge < -0.3 is 9.73 Å². The van der Waals surface area contributed by atoms with Gasteiger partial charge in [-0.1, -0.05) is 18.2 Å². The number of nitrogens with zero attached hydrogens (tertiary/aromatic N) is 2. The Kier molecular flexibility index (Phi) is 3.45. The Morgan fingerprint density at radius 3 is 3.05 bits per heavy atom. The van der Waals surface area contributed by atoms with Crippen LogP contribution in [0.1, 0.15) is 22.8 Å². The van der Waals surface area contributed by atoms with Crippen molar-refractivity contribution < 1.29 is 9.21 Å². The van der Waals surface area contributed by atoms with Crippen molar-refractivity contribution in [3.8, 4) is 0 Å². The van der Waals surface area contributed by atoms with E-state index in [9.17, 15) is 4.79 Å². The zero-order valence-electron chi connectivity index (χ0n) is 10.8. The first-order valence-electron chi connectivity index (χ1n) is 6.44. The second-order valence-electron chi connectivity index (χ2n) is 4.44. The molecule has 0 atom stereocenters. The Morgan fingerprint density at radius 2 is 2.25 bits per heavy atom. The number of benzene rings is 1. The molecule has 6 heteroatoms. The van der Waals surface area contributed by atoms with Gasteiger partial charge in [-0.3, -0.25) is 9.89 Å². The zero-order chi connectivity index (χ0) is 13.8. The summed E-state index contributed by atoms with van der Waals surface area (Å²) in [5, 5.41) is 10.3. The van der Waals surface area contributed by atoms with Crippen LogP contribution in [-0.4, -0.2) is 27.6 Å². The van der Waals surface area contributed by atoms with Crippen LogP contribution in [0.4, 0.5) is 0 Å². The first-order valence-corrected chi connectivity index (χ1v) is 6.44. The first kappa shape index (κ1) is 12.4. The van der Waals surface area contributed by atoms with Gasteiger partial charge in [0.25, 0.3) is 5.91 Å². The van der Waals surface area contributed by atoms with Gasteiger partial charge in [0.2, 0.25) is 0 Å². The molecule has 2 N–H and O–H groups in total. The van der Waals surface area contributed by atoms with E-state index in [1.54, 1.807) is 6.07 Å². The molecule has 2 aromatic heterocycles. The molecule has 1 aromatic carbocycles. The third kappa shape index (κ3) is 2.69. The van der Waals surface area contributed by atoms with Crippen molar-refractivity contribution in [1.29, 1.82) is 0 Å². The Hall–Kier alpha value is -2.63. The monoisotopic (exact) mass is 270 g/mol. The van der Waals surface area contributed by atoms with E-state index < -0.39 is 0 Å². The highest BCUT2D eigenvalue weighted by Crippen LogP contribution is 2.18. The molecule has 3 rings (SSSR count). The van der Waals surface area contributed by atoms with E-state index in [1.807, 2.05) is 24.3 Å². The molecule has 20 heavy (non-hydrogen) atoms. The summed E-state index contributed by atoms with van der Waals surface area (Å²) >= 11 is 0. The summed E-state index contributed by atoms with van der Waals surface area (Å²) in [6.45, 7) is 0.566. The van der Waals surface area contributed by atoms with Gasteiger partial charge in [0.15, 0.2) is 5.76 Å². The van der Waals surface area contributed by atoms with E-state index in [1.165, 1.54) is 6.33 Å². The van der Waals surface area contributed by atoms with Crippen LogP contribution < -0.4 is 5.32 Å². The van der Waals surface area contributed by atoms with Crippen LogP contribution in [0.5, 0.6) is 0 Å². The number of nitrogens with one attached hydrogen (secondary N) is 2. The molecule has 0 aliphatic carbocycles. The van der Waals surface area contributed by atoms with Gasteiger partial charge in [0.1, 0.15) is 17.7 Å². The van der Waals surface area contributed by atoms with Crippen molar-refractivity contribution in [3.05, 3.63) is 48.2 Å².